The van der Waals surface area contributed by atoms with Gasteiger partial charge in [-0.1, -0.05) is 49.6 Å². The van der Waals surface area contributed by atoms with Gasteiger partial charge in [-0.3, -0.25) is 0 Å². The van der Waals surface area contributed by atoms with Crippen LogP contribution in [0.25, 0.3) is 0 Å². The Bertz CT molecular complexity index is 447. The van der Waals surface area contributed by atoms with Crippen LogP contribution in [0.15, 0.2) is 30.3 Å². The molecule has 0 unspecified atom stereocenters. The molecule has 0 heterocycles. The molecule has 2 amide bonds. The zero-order chi connectivity index (χ0) is 13.8. The summed E-state index contributed by atoms with van der Waals surface area (Å²) in [7, 11) is 0. The highest BCUT2D eigenvalue weighted by atomic mass is 16.2. The maximum absolute atomic E-state index is 12.0. The van der Waals surface area contributed by atoms with Crippen molar-refractivity contribution in [2.75, 3.05) is 6.54 Å². The minimum atomic E-state index is 0.0131. The summed E-state index contributed by atoms with van der Waals surface area (Å²) in [6, 6.07) is 11.0. The molecule has 2 aliphatic carbocycles. The standard InChI is InChI=1S/C17H24N2O/c20-16(19-15-9-4-5-10-15)18-13-17(11-6-12-17)14-7-2-1-3-8-14/h1-3,7-8,15H,4-6,9-13H2,(H2,18,19,20). The van der Waals surface area contributed by atoms with Crippen molar-refractivity contribution in [2.24, 2.45) is 0 Å². The molecule has 0 spiro atoms. The van der Waals surface area contributed by atoms with E-state index in [4.69, 9.17) is 0 Å². The van der Waals surface area contributed by atoms with Gasteiger partial charge in [0.25, 0.3) is 0 Å². The van der Waals surface area contributed by atoms with Crippen molar-refractivity contribution >= 4 is 6.03 Å². The highest BCUT2D eigenvalue weighted by Crippen LogP contribution is 2.43. The topological polar surface area (TPSA) is 41.1 Å². The maximum Gasteiger partial charge on any atom is 0.315 e. The molecule has 0 radical (unpaired) electrons. The van der Waals surface area contributed by atoms with E-state index < -0.39 is 0 Å². The number of nitrogens with one attached hydrogen (secondary N) is 2. The van der Waals surface area contributed by atoms with Gasteiger partial charge in [0, 0.05) is 18.0 Å². The van der Waals surface area contributed by atoms with Crippen molar-refractivity contribution < 1.29 is 4.79 Å². The Kier molecular flexibility index (Phi) is 3.95. The summed E-state index contributed by atoms with van der Waals surface area (Å²) in [6.45, 7) is 0.759. The molecule has 3 heteroatoms. The predicted octanol–water partition coefficient (Wildman–Crippen LogP) is 3.35. The normalized spacial score (nSPS) is 21.2. The van der Waals surface area contributed by atoms with Crippen LogP contribution in [-0.2, 0) is 5.41 Å². The van der Waals surface area contributed by atoms with Gasteiger partial charge in [-0.05, 0) is 31.2 Å². The lowest BCUT2D eigenvalue weighted by molar-refractivity contribution is 0.212. The molecule has 108 valence electrons. The van der Waals surface area contributed by atoms with Crippen molar-refractivity contribution in [3.05, 3.63) is 35.9 Å². The van der Waals surface area contributed by atoms with E-state index in [9.17, 15) is 4.79 Å². The molecular formula is C17H24N2O. The van der Waals surface area contributed by atoms with Crippen molar-refractivity contribution in [2.45, 2.75) is 56.4 Å². The average Bonchev–Trinajstić information content (AvgIpc) is 2.91. The van der Waals surface area contributed by atoms with Gasteiger partial charge in [0.15, 0.2) is 0 Å². The monoisotopic (exact) mass is 272 g/mol. The van der Waals surface area contributed by atoms with Crippen LogP contribution < -0.4 is 10.6 Å². The van der Waals surface area contributed by atoms with Crippen molar-refractivity contribution in [3.63, 3.8) is 0 Å². The molecule has 2 N–H and O–H groups in total. The largest absolute Gasteiger partial charge is 0.337 e. The van der Waals surface area contributed by atoms with E-state index in [1.807, 2.05) is 0 Å². The first kappa shape index (κ1) is 13.5. The number of carbonyl (C=O) groups is 1. The Hall–Kier alpha value is -1.51. The molecule has 0 bridgehead atoms. The first-order valence-electron chi connectivity index (χ1n) is 7.88. The van der Waals surface area contributed by atoms with Crippen LogP contribution in [0, 0.1) is 0 Å². The average molecular weight is 272 g/mol. The molecule has 1 aromatic carbocycles. The minimum Gasteiger partial charge on any atom is -0.337 e. The fourth-order valence-electron chi connectivity index (χ4n) is 3.52. The molecule has 0 atom stereocenters. The van der Waals surface area contributed by atoms with E-state index in [2.05, 4.69) is 41.0 Å². The summed E-state index contributed by atoms with van der Waals surface area (Å²) in [6.07, 6.45) is 8.40. The number of hydrogen-bond acceptors (Lipinski definition) is 1. The maximum atomic E-state index is 12.0. The van der Waals surface area contributed by atoms with Gasteiger partial charge in [-0.25, -0.2) is 4.79 Å². The summed E-state index contributed by atoms with van der Waals surface area (Å²) < 4.78 is 0. The quantitative estimate of drug-likeness (QED) is 0.867. The van der Waals surface area contributed by atoms with Crippen LogP contribution in [0.5, 0.6) is 0 Å². The van der Waals surface area contributed by atoms with Gasteiger partial charge in [-0.15, -0.1) is 0 Å². The predicted molar refractivity (Wildman–Crippen MR) is 80.8 cm³/mol. The van der Waals surface area contributed by atoms with Gasteiger partial charge in [0.05, 0.1) is 0 Å². The molecule has 20 heavy (non-hydrogen) atoms. The second-order valence-corrected chi connectivity index (χ2v) is 6.31. The molecular weight excluding hydrogens is 248 g/mol. The molecule has 1 aromatic rings. The van der Waals surface area contributed by atoms with Crippen LogP contribution in [-0.4, -0.2) is 18.6 Å². The molecule has 3 rings (SSSR count). The van der Waals surface area contributed by atoms with Crippen LogP contribution >= 0.6 is 0 Å². The Morgan fingerprint density at radius 1 is 1.10 bits per heavy atom. The second-order valence-electron chi connectivity index (χ2n) is 6.31. The number of amides is 2. The lowest BCUT2D eigenvalue weighted by Crippen LogP contribution is -2.49. The van der Waals surface area contributed by atoms with Gasteiger partial charge in [0.2, 0.25) is 0 Å². The molecule has 0 aliphatic heterocycles. The highest BCUT2D eigenvalue weighted by molar-refractivity contribution is 5.74. The van der Waals surface area contributed by atoms with E-state index in [1.165, 1.54) is 37.7 Å². The zero-order valence-corrected chi connectivity index (χ0v) is 12.0. The molecule has 0 aromatic heterocycles. The SMILES string of the molecule is O=C(NCC1(c2ccccc2)CCC1)NC1CCCC1. The zero-order valence-electron chi connectivity index (χ0n) is 12.0. The lowest BCUT2D eigenvalue weighted by atomic mass is 9.64. The van der Waals surface area contributed by atoms with Crippen LogP contribution in [0.1, 0.15) is 50.5 Å². The molecule has 2 fully saturated rings. The van der Waals surface area contributed by atoms with E-state index in [0.717, 1.165) is 19.4 Å². The summed E-state index contributed by atoms with van der Waals surface area (Å²) in [4.78, 5) is 12.0. The number of benzene rings is 1. The van der Waals surface area contributed by atoms with Crippen molar-refractivity contribution in [1.29, 1.82) is 0 Å². The number of rotatable bonds is 4. The summed E-state index contributed by atoms with van der Waals surface area (Å²) in [5.74, 6) is 0. The Balaban J connectivity index is 1.54. The minimum absolute atomic E-state index is 0.0131. The third-order valence-electron chi connectivity index (χ3n) is 4.97. The number of carbonyl (C=O) groups excluding carboxylic acids is 1. The van der Waals surface area contributed by atoms with E-state index >= 15 is 0 Å². The number of urea groups is 1. The first-order valence-corrected chi connectivity index (χ1v) is 7.88. The highest BCUT2D eigenvalue weighted by Gasteiger charge is 2.38. The van der Waals surface area contributed by atoms with Crippen LogP contribution in [0.3, 0.4) is 0 Å². The molecule has 2 saturated carbocycles. The van der Waals surface area contributed by atoms with Crippen LogP contribution in [0.2, 0.25) is 0 Å². The van der Waals surface area contributed by atoms with E-state index in [-0.39, 0.29) is 11.4 Å². The first-order chi connectivity index (χ1) is 9.78. The fraction of sp³-hybridized carbons (Fsp3) is 0.588. The second kappa shape index (κ2) is 5.86. The Labute approximate surface area is 121 Å². The molecule has 0 saturated heterocycles. The van der Waals surface area contributed by atoms with E-state index in [0.29, 0.717) is 6.04 Å². The smallest absolute Gasteiger partial charge is 0.315 e. The number of hydrogen-bond donors (Lipinski definition) is 2. The fourth-order valence-corrected chi connectivity index (χ4v) is 3.52. The Morgan fingerprint density at radius 3 is 2.40 bits per heavy atom. The van der Waals surface area contributed by atoms with Gasteiger partial charge in [-0.2, -0.15) is 0 Å². The van der Waals surface area contributed by atoms with Crippen molar-refractivity contribution in [1.82, 2.24) is 10.6 Å². The van der Waals surface area contributed by atoms with Crippen molar-refractivity contribution in [3.8, 4) is 0 Å². The third kappa shape index (κ3) is 2.82. The summed E-state index contributed by atoms with van der Waals surface area (Å²) in [5, 5.41) is 6.20. The van der Waals surface area contributed by atoms with Gasteiger partial charge >= 0.3 is 6.03 Å². The Morgan fingerprint density at radius 2 is 1.80 bits per heavy atom. The molecule has 3 nitrogen and oxygen atoms in total. The third-order valence-corrected chi connectivity index (χ3v) is 4.97. The summed E-state index contributed by atoms with van der Waals surface area (Å²) >= 11 is 0. The van der Waals surface area contributed by atoms with Gasteiger partial charge in [0.1, 0.15) is 0 Å². The summed E-state index contributed by atoms with van der Waals surface area (Å²) in [5.41, 5.74) is 1.54. The van der Waals surface area contributed by atoms with Crippen LogP contribution in [0.4, 0.5) is 4.79 Å². The van der Waals surface area contributed by atoms with Gasteiger partial charge < -0.3 is 10.6 Å². The lowest BCUT2D eigenvalue weighted by Gasteiger charge is -2.42. The molecule has 2 aliphatic rings. The van der Waals surface area contributed by atoms with E-state index in [1.54, 1.807) is 0 Å².